The summed E-state index contributed by atoms with van der Waals surface area (Å²) in [4.78, 5) is 40.9. The Morgan fingerprint density at radius 2 is 2.00 bits per heavy atom. The molecular weight excluding hydrogens is 342 g/mol. The highest BCUT2D eigenvalue weighted by atomic mass is 16.5. The first-order valence-electron chi connectivity index (χ1n) is 9.21. The molecule has 0 radical (unpaired) electrons. The maximum atomic E-state index is 12.7. The molecule has 4 aliphatic rings. The number of fused-ring (bicyclic) bond motifs is 1. The van der Waals surface area contributed by atoms with Crippen LogP contribution in [0.4, 0.5) is 4.79 Å². The van der Waals surface area contributed by atoms with Crippen LogP contribution in [0.15, 0.2) is 0 Å². The number of hydrogen-bond donors (Lipinski definition) is 2. The average Bonchev–Trinajstić information content (AvgIpc) is 3.27. The molecule has 0 aromatic rings. The van der Waals surface area contributed by atoms with Gasteiger partial charge in [0.2, 0.25) is 11.8 Å². The minimum Gasteiger partial charge on any atom is -0.465 e. The lowest BCUT2D eigenvalue weighted by Crippen LogP contribution is -2.62. The molecule has 2 N–H and O–H groups in total. The average molecular weight is 367 g/mol. The fraction of sp³-hybridized carbons (Fsp3) is 0.824. The third kappa shape index (κ3) is 2.73. The number of piperazine rings is 1. The first-order valence-corrected chi connectivity index (χ1v) is 9.21. The lowest BCUT2D eigenvalue weighted by atomic mass is 9.90. The largest absolute Gasteiger partial charge is 0.465 e. The zero-order valence-corrected chi connectivity index (χ0v) is 14.8. The summed E-state index contributed by atoms with van der Waals surface area (Å²) in [7, 11) is 0. The summed E-state index contributed by atoms with van der Waals surface area (Å²) < 4.78 is 5.60. The van der Waals surface area contributed by atoms with E-state index in [1.807, 2.05) is 0 Å². The van der Waals surface area contributed by atoms with Gasteiger partial charge in [0.1, 0.15) is 6.04 Å². The van der Waals surface area contributed by atoms with Crippen molar-refractivity contribution in [2.24, 2.45) is 5.41 Å². The van der Waals surface area contributed by atoms with E-state index in [1.165, 1.54) is 4.90 Å². The van der Waals surface area contributed by atoms with Gasteiger partial charge in [-0.1, -0.05) is 0 Å². The van der Waals surface area contributed by atoms with E-state index in [2.05, 4.69) is 0 Å². The van der Waals surface area contributed by atoms with Crippen molar-refractivity contribution in [3.63, 3.8) is 0 Å². The van der Waals surface area contributed by atoms with Gasteiger partial charge in [-0.2, -0.15) is 0 Å². The van der Waals surface area contributed by atoms with E-state index in [0.29, 0.717) is 13.1 Å². The van der Waals surface area contributed by atoms with Crippen LogP contribution in [0.2, 0.25) is 0 Å². The van der Waals surface area contributed by atoms with E-state index < -0.39 is 24.5 Å². The summed E-state index contributed by atoms with van der Waals surface area (Å²) in [6.45, 7) is 2.87. The quantitative estimate of drug-likeness (QED) is 0.692. The Bertz CT molecular complexity index is 636. The second kappa shape index (κ2) is 6.09. The number of likely N-dealkylation sites (tertiary alicyclic amines) is 1. The number of carbonyl (C=O) groups excluding carboxylic acids is 2. The Kier molecular flexibility index (Phi) is 4.11. The topological polar surface area (TPSA) is 111 Å². The fourth-order valence-electron chi connectivity index (χ4n) is 4.48. The van der Waals surface area contributed by atoms with Crippen molar-refractivity contribution >= 4 is 17.9 Å². The molecule has 3 aliphatic heterocycles. The number of β-amino-alcohol motifs (C(OH)–C–C–N with tert-alkyl or cyclic N) is 1. The van der Waals surface area contributed by atoms with Crippen molar-refractivity contribution in [3.05, 3.63) is 0 Å². The van der Waals surface area contributed by atoms with Crippen molar-refractivity contribution in [1.82, 2.24) is 14.7 Å². The Morgan fingerprint density at radius 3 is 2.62 bits per heavy atom. The third-order valence-electron chi connectivity index (χ3n) is 6.50. The first kappa shape index (κ1) is 17.5. The molecule has 1 spiro atoms. The Labute approximate surface area is 151 Å². The van der Waals surface area contributed by atoms with Crippen molar-refractivity contribution < 1.29 is 29.3 Å². The number of hydrogen-bond acceptors (Lipinski definition) is 5. The van der Waals surface area contributed by atoms with Crippen molar-refractivity contribution in [2.45, 2.75) is 57.0 Å². The van der Waals surface area contributed by atoms with Crippen LogP contribution >= 0.6 is 0 Å². The third-order valence-corrected chi connectivity index (χ3v) is 6.50. The number of carbonyl (C=O) groups is 3. The maximum Gasteiger partial charge on any atom is 0.408 e. The predicted molar refractivity (Wildman–Crippen MR) is 88.1 cm³/mol. The van der Waals surface area contributed by atoms with E-state index in [1.54, 1.807) is 11.8 Å². The standard InChI is InChI=1S/C17H25N3O6/c1-10-15(23)20-11(9-26-14(20)8-19(10)16(24)25)6-13(22)18-5-4-17(2-3-17)12(21)7-18/h10-12,14,21H,2-9H2,1H3,(H,24,25)/t10-,11-,12+,14?/m0/s1. The van der Waals surface area contributed by atoms with Crippen LogP contribution in [0.25, 0.3) is 0 Å². The molecule has 3 amide bonds. The summed E-state index contributed by atoms with van der Waals surface area (Å²) in [5.74, 6) is -0.413. The second-order valence-corrected chi connectivity index (χ2v) is 7.97. The number of ether oxygens (including phenoxy) is 1. The van der Waals surface area contributed by atoms with Crippen LogP contribution in [0.1, 0.15) is 32.6 Å². The highest BCUT2D eigenvalue weighted by Gasteiger charge is 2.52. The van der Waals surface area contributed by atoms with Gasteiger partial charge in [0.15, 0.2) is 6.23 Å². The summed E-state index contributed by atoms with van der Waals surface area (Å²) in [5, 5.41) is 19.5. The molecular formula is C17H25N3O6. The van der Waals surface area contributed by atoms with Gasteiger partial charge < -0.3 is 24.7 Å². The number of piperidine rings is 1. The van der Waals surface area contributed by atoms with Gasteiger partial charge in [-0.3, -0.25) is 14.5 Å². The summed E-state index contributed by atoms with van der Waals surface area (Å²) in [6.07, 6.45) is 0.801. The van der Waals surface area contributed by atoms with Gasteiger partial charge in [0.05, 0.1) is 25.3 Å². The lowest BCUT2D eigenvalue weighted by molar-refractivity contribution is -0.152. The minimum atomic E-state index is -1.15. The van der Waals surface area contributed by atoms with Crippen LogP contribution in [0, 0.1) is 5.41 Å². The van der Waals surface area contributed by atoms with Gasteiger partial charge in [0, 0.05) is 19.5 Å². The second-order valence-electron chi connectivity index (χ2n) is 7.97. The number of aliphatic hydroxyl groups excluding tert-OH is 1. The number of carboxylic acid groups (broad SMARTS) is 1. The number of aliphatic hydroxyl groups is 1. The number of amides is 3. The van der Waals surface area contributed by atoms with E-state index in [0.717, 1.165) is 24.2 Å². The molecule has 0 bridgehead atoms. The van der Waals surface area contributed by atoms with Crippen LogP contribution in [-0.4, -0.2) is 93.5 Å². The zero-order valence-electron chi connectivity index (χ0n) is 14.8. The molecule has 3 heterocycles. The predicted octanol–water partition coefficient (Wildman–Crippen LogP) is -0.314. The van der Waals surface area contributed by atoms with Crippen molar-refractivity contribution in [1.29, 1.82) is 0 Å². The number of rotatable bonds is 2. The Hall–Kier alpha value is -1.87. The van der Waals surface area contributed by atoms with Crippen molar-refractivity contribution in [3.8, 4) is 0 Å². The van der Waals surface area contributed by atoms with Gasteiger partial charge >= 0.3 is 6.09 Å². The van der Waals surface area contributed by atoms with E-state index in [-0.39, 0.29) is 42.8 Å². The SMILES string of the molecule is C[C@H]1C(=O)N2C(CN1C(=O)O)OC[C@@H]2CC(=O)N1CCC2(CC2)[C@H](O)C1. The van der Waals surface area contributed by atoms with Crippen molar-refractivity contribution in [2.75, 3.05) is 26.2 Å². The molecule has 0 aromatic carbocycles. The molecule has 9 nitrogen and oxygen atoms in total. The molecule has 4 rings (SSSR count). The van der Waals surface area contributed by atoms with E-state index >= 15 is 0 Å². The molecule has 1 saturated carbocycles. The molecule has 26 heavy (non-hydrogen) atoms. The van der Waals surface area contributed by atoms with Gasteiger partial charge in [-0.05, 0) is 31.6 Å². The molecule has 4 fully saturated rings. The molecule has 3 saturated heterocycles. The fourth-order valence-corrected chi connectivity index (χ4v) is 4.48. The van der Waals surface area contributed by atoms with Gasteiger partial charge in [-0.15, -0.1) is 0 Å². The van der Waals surface area contributed by atoms with Crippen LogP contribution in [0.3, 0.4) is 0 Å². The molecule has 9 heteroatoms. The molecule has 144 valence electrons. The minimum absolute atomic E-state index is 0.0386. The van der Waals surface area contributed by atoms with Gasteiger partial charge in [0.25, 0.3) is 0 Å². The molecule has 1 aliphatic carbocycles. The molecule has 4 atom stereocenters. The summed E-state index contributed by atoms with van der Waals surface area (Å²) in [6, 6.07) is -1.16. The zero-order chi connectivity index (χ0) is 18.6. The highest BCUT2D eigenvalue weighted by Crippen LogP contribution is 2.53. The summed E-state index contributed by atoms with van der Waals surface area (Å²) in [5.41, 5.74) is 0.0386. The monoisotopic (exact) mass is 367 g/mol. The smallest absolute Gasteiger partial charge is 0.408 e. The normalized spacial score (nSPS) is 35.6. The van der Waals surface area contributed by atoms with Crippen LogP contribution < -0.4 is 0 Å². The summed E-state index contributed by atoms with van der Waals surface area (Å²) >= 11 is 0. The Balaban J connectivity index is 1.39. The van der Waals surface area contributed by atoms with E-state index in [9.17, 15) is 24.6 Å². The number of nitrogens with zero attached hydrogens (tertiary/aromatic N) is 3. The maximum absolute atomic E-state index is 12.7. The van der Waals surface area contributed by atoms with Gasteiger partial charge in [-0.25, -0.2) is 4.79 Å². The molecule has 1 unspecified atom stereocenters. The van der Waals surface area contributed by atoms with Crippen LogP contribution in [0.5, 0.6) is 0 Å². The lowest BCUT2D eigenvalue weighted by Gasteiger charge is -2.41. The van der Waals surface area contributed by atoms with Crippen LogP contribution in [-0.2, 0) is 14.3 Å². The first-order chi connectivity index (χ1) is 12.3. The molecule has 0 aromatic heterocycles. The Morgan fingerprint density at radius 1 is 1.27 bits per heavy atom. The highest BCUT2D eigenvalue weighted by molar-refractivity contribution is 5.87. The van der Waals surface area contributed by atoms with E-state index in [4.69, 9.17) is 4.74 Å².